The lowest BCUT2D eigenvalue weighted by atomic mass is 10.2. The van der Waals surface area contributed by atoms with E-state index < -0.39 is 16.0 Å². The molecule has 0 bridgehead atoms. The van der Waals surface area contributed by atoms with Crippen LogP contribution >= 0.6 is 0 Å². The number of esters is 1. The van der Waals surface area contributed by atoms with Gasteiger partial charge in [0.25, 0.3) is 10.0 Å². The molecule has 3 N–H and O–H groups in total. The molecule has 3 aromatic carbocycles. The van der Waals surface area contributed by atoms with Gasteiger partial charge in [0.2, 0.25) is 5.95 Å². The predicted octanol–water partition coefficient (Wildman–Crippen LogP) is 4.51. The van der Waals surface area contributed by atoms with Crippen LogP contribution in [0.4, 0.5) is 23.0 Å². The van der Waals surface area contributed by atoms with Gasteiger partial charge in [0.1, 0.15) is 0 Å². The number of carbonyl (C=O) groups excluding carboxylic acids is 1. The minimum atomic E-state index is -3.88. The van der Waals surface area contributed by atoms with Crippen LogP contribution in [0.3, 0.4) is 0 Å². The maximum Gasteiger partial charge on any atom is 0.338 e. The van der Waals surface area contributed by atoms with E-state index in [1.807, 2.05) is 24.3 Å². The smallest absolute Gasteiger partial charge is 0.338 e. The molecular weight excluding hydrogens is 506 g/mol. The van der Waals surface area contributed by atoms with Crippen molar-refractivity contribution in [2.24, 2.45) is 0 Å². The number of anilines is 4. The number of benzene rings is 3. The monoisotopic (exact) mass is 535 g/mol. The fourth-order valence-corrected chi connectivity index (χ4v) is 5.17. The lowest BCUT2D eigenvalue weighted by Crippen LogP contribution is -2.36. The Labute approximate surface area is 221 Å². The molecule has 0 spiro atoms. The number of rotatable bonds is 8. The third-order valence-electron chi connectivity index (χ3n) is 5.99. The molecule has 1 saturated heterocycles. The van der Waals surface area contributed by atoms with E-state index in [0.29, 0.717) is 28.2 Å². The largest absolute Gasteiger partial charge is 0.459 e. The summed E-state index contributed by atoms with van der Waals surface area (Å²) in [6.45, 7) is 6.73. The number of aromatic nitrogens is 2. The summed E-state index contributed by atoms with van der Waals surface area (Å²) >= 11 is 0. The van der Waals surface area contributed by atoms with Gasteiger partial charge in [0, 0.05) is 30.2 Å². The molecule has 1 aliphatic rings. The number of nitrogens with one attached hydrogen (secondary N) is 3. The number of nitrogens with zero attached hydrogens (tertiary/aromatic N) is 2. The van der Waals surface area contributed by atoms with Crippen molar-refractivity contribution in [1.82, 2.24) is 9.97 Å². The normalized spacial score (nSPS) is 14.0. The first-order valence-electron chi connectivity index (χ1n) is 12.3. The van der Waals surface area contributed by atoms with Crippen molar-refractivity contribution in [2.45, 2.75) is 24.8 Å². The molecule has 0 radical (unpaired) electrons. The number of aromatic amines is 1. The van der Waals surface area contributed by atoms with E-state index >= 15 is 0 Å². The van der Waals surface area contributed by atoms with E-state index in [4.69, 9.17) is 9.47 Å². The molecular formula is C27H29N5O5S. The molecule has 38 heavy (non-hydrogen) atoms. The Hall–Kier alpha value is -4.09. The van der Waals surface area contributed by atoms with E-state index in [2.05, 4.69) is 24.9 Å². The fourth-order valence-electron chi connectivity index (χ4n) is 4.10. The van der Waals surface area contributed by atoms with Crippen molar-refractivity contribution in [2.75, 3.05) is 41.2 Å². The number of hydrogen-bond acceptors (Lipinski definition) is 8. The quantitative estimate of drug-likeness (QED) is 0.282. The van der Waals surface area contributed by atoms with Crippen molar-refractivity contribution in [1.29, 1.82) is 0 Å². The standard InChI is InChI=1S/C27H29N5O5S/c1-18(2)37-26(33)19-3-5-21(6-4-19)31-38(34,35)23-11-12-24-25(17-23)30-27(29-24)28-20-7-9-22(10-8-20)32-13-15-36-16-14-32/h3-12,17-18,31H,13-16H2,1-2H3,(H2,28,29,30). The summed E-state index contributed by atoms with van der Waals surface area (Å²) in [5.74, 6) is 0.0429. The first-order valence-corrected chi connectivity index (χ1v) is 13.8. The summed E-state index contributed by atoms with van der Waals surface area (Å²) in [5.41, 5.74) is 3.87. The average molecular weight is 536 g/mol. The Balaban J connectivity index is 1.27. The highest BCUT2D eigenvalue weighted by molar-refractivity contribution is 7.92. The maximum absolute atomic E-state index is 13.0. The number of hydrogen-bond donors (Lipinski definition) is 3. The lowest BCUT2D eigenvalue weighted by Gasteiger charge is -2.28. The Morgan fingerprint density at radius 1 is 1.00 bits per heavy atom. The van der Waals surface area contributed by atoms with Crippen LogP contribution in [0.5, 0.6) is 0 Å². The average Bonchev–Trinajstić information content (AvgIpc) is 3.31. The van der Waals surface area contributed by atoms with Crippen molar-refractivity contribution in [3.8, 4) is 0 Å². The fraction of sp³-hybridized carbons (Fsp3) is 0.259. The number of ether oxygens (including phenoxy) is 2. The summed E-state index contributed by atoms with van der Waals surface area (Å²) in [6, 6.07) is 18.8. The third kappa shape index (κ3) is 5.90. The van der Waals surface area contributed by atoms with E-state index in [1.54, 1.807) is 19.9 Å². The molecule has 11 heteroatoms. The summed E-state index contributed by atoms with van der Waals surface area (Å²) in [5, 5.41) is 3.23. The zero-order valence-corrected chi connectivity index (χ0v) is 21.9. The number of fused-ring (bicyclic) bond motifs is 1. The molecule has 1 aliphatic heterocycles. The molecule has 5 rings (SSSR count). The van der Waals surface area contributed by atoms with Gasteiger partial charge < -0.3 is 24.7 Å². The molecule has 4 aromatic rings. The van der Waals surface area contributed by atoms with Gasteiger partial charge in [-0.25, -0.2) is 18.2 Å². The van der Waals surface area contributed by atoms with Crippen LogP contribution in [0.25, 0.3) is 11.0 Å². The Kier molecular flexibility index (Phi) is 7.21. The first kappa shape index (κ1) is 25.6. The molecule has 0 amide bonds. The highest BCUT2D eigenvalue weighted by Crippen LogP contribution is 2.25. The number of imidazole rings is 1. The van der Waals surface area contributed by atoms with E-state index in [-0.39, 0.29) is 11.0 Å². The zero-order valence-electron chi connectivity index (χ0n) is 21.1. The Morgan fingerprint density at radius 2 is 1.68 bits per heavy atom. The van der Waals surface area contributed by atoms with E-state index in [9.17, 15) is 13.2 Å². The van der Waals surface area contributed by atoms with Crippen LogP contribution in [0.15, 0.2) is 71.6 Å². The maximum atomic E-state index is 13.0. The second kappa shape index (κ2) is 10.7. The van der Waals surface area contributed by atoms with Gasteiger partial charge in [0.15, 0.2) is 0 Å². The van der Waals surface area contributed by atoms with Crippen LogP contribution in [0, 0.1) is 0 Å². The molecule has 198 valence electrons. The van der Waals surface area contributed by atoms with Gasteiger partial charge in [-0.2, -0.15) is 0 Å². The van der Waals surface area contributed by atoms with E-state index in [1.165, 1.54) is 36.4 Å². The van der Waals surface area contributed by atoms with Crippen molar-refractivity contribution in [3.05, 3.63) is 72.3 Å². The van der Waals surface area contributed by atoms with E-state index in [0.717, 1.165) is 37.7 Å². The van der Waals surface area contributed by atoms with Gasteiger partial charge in [-0.1, -0.05) is 0 Å². The molecule has 1 fully saturated rings. The van der Waals surface area contributed by atoms with Gasteiger partial charge in [-0.3, -0.25) is 4.72 Å². The summed E-state index contributed by atoms with van der Waals surface area (Å²) in [4.78, 5) is 22.1. The minimum Gasteiger partial charge on any atom is -0.459 e. The van der Waals surface area contributed by atoms with Gasteiger partial charge in [0.05, 0.1) is 40.8 Å². The summed E-state index contributed by atoms with van der Waals surface area (Å²) in [7, 11) is -3.88. The Morgan fingerprint density at radius 3 is 2.37 bits per heavy atom. The third-order valence-corrected chi connectivity index (χ3v) is 7.37. The van der Waals surface area contributed by atoms with Gasteiger partial charge >= 0.3 is 5.97 Å². The number of H-pyrrole nitrogens is 1. The zero-order chi connectivity index (χ0) is 26.7. The molecule has 1 aromatic heterocycles. The second-order valence-corrected chi connectivity index (χ2v) is 10.9. The predicted molar refractivity (Wildman–Crippen MR) is 147 cm³/mol. The summed E-state index contributed by atoms with van der Waals surface area (Å²) in [6.07, 6.45) is -0.241. The number of carbonyl (C=O) groups is 1. The SMILES string of the molecule is CC(C)OC(=O)c1ccc(NS(=O)(=O)c2ccc3[nH]c(Nc4ccc(N5CCOCC5)cc4)nc3c2)cc1. The molecule has 0 atom stereocenters. The Bertz CT molecular complexity index is 1530. The molecule has 0 unspecified atom stereocenters. The van der Waals surface area contributed by atoms with Crippen molar-refractivity contribution >= 4 is 50.0 Å². The first-order chi connectivity index (χ1) is 18.3. The highest BCUT2D eigenvalue weighted by atomic mass is 32.2. The van der Waals surface area contributed by atoms with Crippen LogP contribution in [-0.4, -0.2) is 56.8 Å². The highest BCUT2D eigenvalue weighted by Gasteiger charge is 2.17. The van der Waals surface area contributed by atoms with Crippen LogP contribution in [0.1, 0.15) is 24.2 Å². The van der Waals surface area contributed by atoms with Crippen LogP contribution in [0.2, 0.25) is 0 Å². The van der Waals surface area contributed by atoms with Crippen LogP contribution < -0.4 is 14.9 Å². The second-order valence-electron chi connectivity index (χ2n) is 9.17. The van der Waals surface area contributed by atoms with Gasteiger partial charge in [-0.05, 0) is 80.6 Å². The minimum absolute atomic E-state index is 0.0706. The molecule has 0 aliphatic carbocycles. The number of sulfonamides is 1. The van der Waals surface area contributed by atoms with Crippen molar-refractivity contribution in [3.63, 3.8) is 0 Å². The lowest BCUT2D eigenvalue weighted by molar-refractivity contribution is 0.0378. The topological polar surface area (TPSA) is 126 Å². The van der Waals surface area contributed by atoms with Crippen molar-refractivity contribution < 1.29 is 22.7 Å². The molecule has 2 heterocycles. The molecule has 10 nitrogen and oxygen atoms in total. The van der Waals surface area contributed by atoms with Gasteiger partial charge in [-0.15, -0.1) is 0 Å². The van der Waals surface area contributed by atoms with Crippen LogP contribution in [-0.2, 0) is 19.5 Å². The molecule has 0 saturated carbocycles. The number of morpholine rings is 1. The summed E-state index contributed by atoms with van der Waals surface area (Å²) < 4.78 is 39.1.